The van der Waals surface area contributed by atoms with Gasteiger partial charge in [0, 0.05) is 19.3 Å². The Hall–Kier alpha value is -3.22. The lowest BCUT2D eigenvalue weighted by Crippen LogP contribution is -2.53. The van der Waals surface area contributed by atoms with E-state index in [1.54, 1.807) is 12.1 Å². The highest BCUT2D eigenvalue weighted by atomic mass is 19.4. The Morgan fingerprint density at radius 1 is 1.26 bits per heavy atom. The van der Waals surface area contributed by atoms with E-state index in [2.05, 4.69) is 5.32 Å². The molecule has 190 valence electrons. The molecule has 2 N–H and O–H groups in total. The first kappa shape index (κ1) is 26.4. The molecule has 2 heterocycles. The summed E-state index contributed by atoms with van der Waals surface area (Å²) >= 11 is 0. The number of hydrogen-bond donors (Lipinski definition) is 2. The van der Waals surface area contributed by atoms with Crippen molar-refractivity contribution in [3.63, 3.8) is 0 Å². The highest BCUT2D eigenvalue weighted by Crippen LogP contribution is 2.31. The normalized spacial score (nSPS) is 15.5. The van der Waals surface area contributed by atoms with Gasteiger partial charge in [-0.2, -0.15) is 13.2 Å². The lowest BCUT2D eigenvalue weighted by molar-refractivity contribution is -0.137. The Balaban J connectivity index is 1.64. The van der Waals surface area contributed by atoms with Gasteiger partial charge in [-0.05, 0) is 30.4 Å². The van der Waals surface area contributed by atoms with E-state index in [1.165, 1.54) is 6.07 Å². The average Bonchev–Trinajstić information content (AvgIpc) is 3.09. The Morgan fingerprint density at radius 2 is 1.97 bits per heavy atom. The second kappa shape index (κ2) is 11.0. The van der Waals surface area contributed by atoms with E-state index in [0.29, 0.717) is 12.0 Å². The maximum atomic E-state index is 12.7. The Kier molecular flexibility index (Phi) is 8.31. The van der Waals surface area contributed by atoms with Crippen molar-refractivity contribution in [3.05, 3.63) is 51.5 Å². The predicted octanol–water partition coefficient (Wildman–Crippen LogP) is 2.96. The standard InChI is InChI=1S/C22H25BF3NO8/c1-12(2)9-15-16(34-21(30)33-15)11-32-20(29)14-6-3-5-13-10-17(23(31)35-19(13)14)27-18(28)7-4-8-22(24,25)26/h3,5-6,12,17,31H,4,7-11H2,1-2H3,(H,27,28)/t17-/m0/s1. The molecule has 0 fully saturated rings. The van der Waals surface area contributed by atoms with Crippen LogP contribution in [0.4, 0.5) is 13.2 Å². The van der Waals surface area contributed by atoms with E-state index in [1.807, 2.05) is 13.8 Å². The summed E-state index contributed by atoms with van der Waals surface area (Å²) < 4.78 is 57.5. The average molecular weight is 499 g/mol. The van der Waals surface area contributed by atoms with Crippen LogP contribution in [0.3, 0.4) is 0 Å². The van der Waals surface area contributed by atoms with E-state index in [9.17, 15) is 32.6 Å². The third-order valence-corrected chi connectivity index (χ3v) is 5.20. The second-order valence-corrected chi connectivity index (χ2v) is 8.62. The fraction of sp³-hybridized carbons (Fsp3) is 0.500. The Bertz CT molecular complexity index is 1110. The first-order chi connectivity index (χ1) is 16.4. The molecule has 1 aliphatic rings. The quantitative estimate of drug-likeness (QED) is 0.398. The summed E-state index contributed by atoms with van der Waals surface area (Å²) in [7, 11) is -1.53. The number of para-hydroxylation sites is 1. The molecule has 1 aromatic heterocycles. The number of amides is 1. The van der Waals surface area contributed by atoms with E-state index in [4.69, 9.17) is 18.2 Å². The topological polar surface area (TPSA) is 128 Å². The number of hydrogen-bond acceptors (Lipinski definition) is 8. The molecule has 13 heteroatoms. The first-order valence-corrected chi connectivity index (χ1v) is 11.0. The Morgan fingerprint density at radius 3 is 2.66 bits per heavy atom. The number of rotatable bonds is 9. The van der Waals surface area contributed by atoms with Crippen molar-refractivity contribution >= 4 is 19.0 Å². The van der Waals surface area contributed by atoms with Crippen molar-refractivity contribution in [1.29, 1.82) is 0 Å². The van der Waals surface area contributed by atoms with E-state index in [0.717, 1.165) is 0 Å². The van der Waals surface area contributed by atoms with Gasteiger partial charge in [-0.25, -0.2) is 9.59 Å². The number of alkyl halides is 3. The van der Waals surface area contributed by atoms with Crippen molar-refractivity contribution < 1.29 is 46.0 Å². The van der Waals surface area contributed by atoms with Crippen LogP contribution in [0.15, 0.2) is 31.8 Å². The molecular formula is C22H25BF3NO8. The van der Waals surface area contributed by atoms with Crippen molar-refractivity contribution in [3.8, 4) is 5.75 Å². The van der Waals surface area contributed by atoms with Gasteiger partial charge < -0.3 is 28.6 Å². The van der Waals surface area contributed by atoms with Gasteiger partial charge in [0.05, 0.1) is 5.94 Å². The van der Waals surface area contributed by atoms with Gasteiger partial charge in [0.2, 0.25) is 5.91 Å². The van der Waals surface area contributed by atoms with Crippen LogP contribution in [-0.4, -0.2) is 36.1 Å². The van der Waals surface area contributed by atoms with Crippen molar-refractivity contribution in [2.24, 2.45) is 5.92 Å². The lowest BCUT2D eigenvalue weighted by atomic mass is 9.72. The highest BCUT2D eigenvalue weighted by Gasteiger charge is 2.38. The van der Waals surface area contributed by atoms with Gasteiger partial charge >= 0.3 is 25.1 Å². The predicted molar refractivity (Wildman–Crippen MR) is 115 cm³/mol. The minimum atomic E-state index is -4.35. The molecule has 0 saturated carbocycles. The third kappa shape index (κ3) is 7.38. The summed E-state index contributed by atoms with van der Waals surface area (Å²) in [5.41, 5.74) is 0.494. The minimum absolute atomic E-state index is 0.00718. The smallest absolute Gasteiger partial charge is 0.534 e. The Labute approximate surface area is 198 Å². The van der Waals surface area contributed by atoms with Gasteiger partial charge in [-0.15, -0.1) is 0 Å². The monoisotopic (exact) mass is 499 g/mol. The van der Waals surface area contributed by atoms with Gasteiger partial charge in [0.15, 0.2) is 18.1 Å². The fourth-order valence-corrected chi connectivity index (χ4v) is 3.62. The summed E-state index contributed by atoms with van der Waals surface area (Å²) in [5.74, 6) is -2.66. The molecule has 1 atom stereocenters. The van der Waals surface area contributed by atoms with Gasteiger partial charge in [0.1, 0.15) is 11.3 Å². The van der Waals surface area contributed by atoms with Crippen molar-refractivity contribution in [2.75, 3.05) is 0 Å². The number of benzene rings is 1. The molecule has 0 spiro atoms. The molecule has 1 amide bonds. The summed E-state index contributed by atoms with van der Waals surface area (Å²) in [4.78, 5) is 36.1. The maximum Gasteiger partial charge on any atom is 0.547 e. The van der Waals surface area contributed by atoms with Crippen molar-refractivity contribution in [2.45, 2.75) is 64.7 Å². The zero-order valence-corrected chi connectivity index (χ0v) is 19.1. The largest absolute Gasteiger partial charge is 0.547 e. The number of halogens is 3. The molecule has 0 saturated heterocycles. The molecule has 0 aliphatic carbocycles. The lowest BCUT2D eigenvalue weighted by Gasteiger charge is -2.29. The molecule has 2 aromatic rings. The molecule has 0 radical (unpaired) electrons. The highest BCUT2D eigenvalue weighted by molar-refractivity contribution is 6.47. The second-order valence-electron chi connectivity index (χ2n) is 8.62. The van der Waals surface area contributed by atoms with Gasteiger partial charge in [-0.3, -0.25) is 4.79 Å². The molecule has 0 bridgehead atoms. The van der Waals surface area contributed by atoms with Crippen LogP contribution < -0.4 is 15.8 Å². The third-order valence-electron chi connectivity index (χ3n) is 5.20. The van der Waals surface area contributed by atoms with E-state index < -0.39 is 43.4 Å². The number of nitrogens with one attached hydrogen (secondary N) is 1. The van der Waals surface area contributed by atoms with E-state index >= 15 is 0 Å². The molecule has 1 aliphatic heterocycles. The first-order valence-electron chi connectivity index (χ1n) is 11.0. The van der Waals surface area contributed by atoms with Crippen LogP contribution in [-0.2, 0) is 29.0 Å². The van der Waals surface area contributed by atoms with Crippen molar-refractivity contribution in [1.82, 2.24) is 5.32 Å². The van der Waals surface area contributed by atoms with Crippen LogP contribution in [0.5, 0.6) is 5.75 Å². The summed E-state index contributed by atoms with van der Waals surface area (Å²) in [6.07, 6.45) is -5.67. The summed E-state index contributed by atoms with van der Waals surface area (Å²) in [6, 6.07) is 4.60. The molecule has 0 unspecified atom stereocenters. The molecular weight excluding hydrogens is 474 g/mol. The van der Waals surface area contributed by atoms with Crippen LogP contribution >= 0.6 is 0 Å². The number of esters is 1. The fourth-order valence-electron chi connectivity index (χ4n) is 3.62. The van der Waals surface area contributed by atoms with Crippen LogP contribution in [0, 0.1) is 5.92 Å². The van der Waals surface area contributed by atoms with Crippen LogP contribution in [0.1, 0.15) is 60.6 Å². The van der Waals surface area contributed by atoms with Crippen LogP contribution in [0.2, 0.25) is 0 Å². The number of carbonyl (C=O) groups is 2. The molecule has 35 heavy (non-hydrogen) atoms. The number of carbonyl (C=O) groups excluding carboxylic acids is 2. The zero-order chi connectivity index (χ0) is 25.8. The number of fused-ring (bicyclic) bond motifs is 1. The van der Waals surface area contributed by atoms with E-state index in [-0.39, 0.29) is 54.6 Å². The SMILES string of the molecule is CC(C)Cc1oc(=O)oc1COC(=O)c1cccc2c1OB(O)[C@@H](NC(=O)CCCC(F)(F)F)C2. The minimum Gasteiger partial charge on any atom is -0.534 e. The van der Waals surface area contributed by atoms with Crippen LogP contribution in [0.25, 0.3) is 0 Å². The number of ether oxygens (including phenoxy) is 1. The molecule has 9 nitrogen and oxygen atoms in total. The molecule has 1 aromatic carbocycles. The van der Waals surface area contributed by atoms with Gasteiger partial charge in [-0.1, -0.05) is 26.0 Å². The van der Waals surface area contributed by atoms with Gasteiger partial charge in [0.25, 0.3) is 0 Å². The summed E-state index contributed by atoms with van der Waals surface area (Å²) in [5, 5.41) is 12.8. The molecule has 3 rings (SSSR count). The zero-order valence-electron chi connectivity index (χ0n) is 19.1. The maximum absolute atomic E-state index is 12.7. The summed E-state index contributed by atoms with van der Waals surface area (Å²) in [6.45, 7) is 3.48.